The van der Waals surface area contributed by atoms with Gasteiger partial charge in [0.2, 0.25) is 0 Å². The standard InChI is InChI=1S/C14H26N2O3S/c1-6-15(7-9(2)3)14(19)16-11(13(17)18)8-20-12(16)10(4)5/h9-12H,6-8H2,1-5H3,(H,17,18). The number of hydrogen-bond donors (Lipinski definition) is 1. The summed E-state index contributed by atoms with van der Waals surface area (Å²) in [6.07, 6.45) is 0. The summed E-state index contributed by atoms with van der Waals surface area (Å²) in [4.78, 5) is 27.4. The monoisotopic (exact) mass is 302 g/mol. The lowest BCUT2D eigenvalue weighted by molar-refractivity contribution is -0.141. The number of aliphatic carboxylic acids is 1. The van der Waals surface area contributed by atoms with Gasteiger partial charge in [-0.05, 0) is 18.8 Å². The molecule has 2 atom stereocenters. The van der Waals surface area contributed by atoms with Crippen LogP contribution in [0.1, 0.15) is 34.6 Å². The summed E-state index contributed by atoms with van der Waals surface area (Å²) in [5.41, 5.74) is 0. The highest BCUT2D eigenvalue weighted by atomic mass is 32.2. The first kappa shape index (κ1) is 17.1. The van der Waals surface area contributed by atoms with E-state index < -0.39 is 12.0 Å². The van der Waals surface area contributed by atoms with Crippen molar-refractivity contribution < 1.29 is 14.7 Å². The number of carbonyl (C=O) groups is 2. The normalized spacial score (nSPS) is 22.6. The van der Waals surface area contributed by atoms with E-state index in [2.05, 4.69) is 13.8 Å². The Kier molecular flexibility index (Phi) is 6.17. The van der Waals surface area contributed by atoms with Crippen molar-refractivity contribution in [1.29, 1.82) is 0 Å². The second-order valence-corrected chi connectivity index (χ2v) is 7.09. The summed E-state index contributed by atoms with van der Waals surface area (Å²) in [6.45, 7) is 11.4. The Balaban J connectivity index is 2.95. The van der Waals surface area contributed by atoms with Gasteiger partial charge in [0.15, 0.2) is 0 Å². The molecule has 1 aliphatic rings. The predicted molar refractivity (Wildman–Crippen MR) is 81.8 cm³/mol. The molecule has 1 saturated heterocycles. The third kappa shape index (κ3) is 3.81. The van der Waals surface area contributed by atoms with Gasteiger partial charge < -0.3 is 10.0 Å². The molecule has 5 nitrogen and oxygen atoms in total. The van der Waals surface area contributed by atoms with Gasteiger partial charge in [0.25, 0.3) is 0 Å². The van der Waals surface area contributed by atoms with Gasteiger partial charge in [-0.1, -0.05) is 27.7 Å². The third-order valence-electron chi connectivity index (χ3n) is 3.35. The molecule has 0 bridgehead atoms. The molecule has 0 aromatic heterocycles. The van der Waals surface area contributed by atoms with Crippen LogP contribution in [0, 0.1) is 11.8 Å². The van der Waals surface area contributed by atoms with Gasteiger partial charge in [0.05, 0.1) is 5.37 Å². The number of thioether (sulfide) groups is 1. The number of nitrogens with zero attached hydrogens (tertiary/aromatic N) is 2. The highest BCUT2D eigenvalue weighted by molar-refractivity contribution is 8.00. The van der Waals surface area contributed by atoms with Crippen LogP contribution in [-0.4, -0.2) is 57.2 Å². The molecule has 1 rings (SSSR count). The van der Waals surface area contributed by atoms with Crippen LogP contribution >= 0.6 is 11.8 Å². The zero-order valence-electron chi connectivity index (χ0n) is 13.0. The van der Waals surface area contributed by atoms with Crippen molar-refractivity contribution in [3.8, 4) is 0 Å². The van der Waals surface area contributed by atoms with Gasteiger partial charge in [-0.15, -0.1) is 11.8 Å². The van der Waals surface area contributed by atoms with Crippen molar-refractivity contribution in [1.82, 2.24) is 9.80 Å². The fourth-order valence-corrected chi connectivity index (χ4v) is 3.89. The zero-order valence-corrected chi connectivity index (χ0v) is 13.8. The largest absolute Gasteiger partial charge is 0.480 e. The lowest BCUT2D eigenvalue weighted by Gasteiger charge is -2.35. The third-order valence-corrected chi connectivity index (χ3v) is 4.97. The van der Waals surface area contributed by atoms with Gasteiger partial charge in [-0.2, -0.15) is 0 Å². The van der Waals surface area contributed by atoms with Gasteiger partial charge in [-0.3, -0.25) is 4.90 Å². The first-order chi connectivity index (χ1) is 9.29. The molecule has 1 N–H and O–H groups in total. The smallest absolute Gasteiger partial charge is 0.327 e. The first-order valence-corrected chi connectivity index (χ1v) is 8.26. The van der Waals surface area contributed by atoms with E-state index in [1.807, 2.05) is 20.8 Å². The molecule has 6 heteroatoms. The Morgan fingerprint density at radius 1 is 1.35 bits per heavy atom. The maximum atomic E-state index is 12.7. The van der Waals surface area contributed by atoms with Crippen LogP contribution in [-0.2, 0) is 4.79 Å². The first-order valence-electron chi connectivity index (χ1n) is 7.21. The van der Waals surface area contributed by atoms with Gasteiger partial charge >= 0.3 is 12.0 Å². The van der Waals surface area contributed by atoms with Crippen LogP contribution in [0.3, 0.4) is 0 Å². The van der Waals surface area contributed by atoms with Crippen LogP contribution < -0.4 is 0 Å². The molecule has 1 heterocycles. The number of carboxylic acids is 1. The quantitative estimate of drug-likeness (QED) is 0.848. The van der Waals surface area contributed by atoms with E-state index in [0.29, 0.717) is 24.8 Å². The van der Waals surface area contributed by atoms with E-state index in [-0.39, 0.29) is 17.3 Å². The fraction of sp³-hybridized carbons (Fsp3) is 0.857. The summed E-state index contributed by atoms with van der Waals surface area (Å²) in [7, 11) is 0. The average molecular weight is 302 g/mol. The van der Waals surface area contributed by atoms with Crippen LogP contribution in [0.2, 0.25) is 0 Å². The average Bonchev–Trinajstić information content (AvgIpc) is 2.79. The van der Waals surface area contributed by atoms with E-state index >= 15 is 0 Å². The molecule has 2 amide bonds. The number of hydrogen-bond acceptors (Lipinski definition) is 3. The molecular formula is C14H26N2O3S. The maximum Gasteiger partial charge on any atom is 0.327 e. The number of carboxylic acid groups (broad SMARTS) is 1. The minimum Gasteiger partial charge on any atom is -0.480 e. The van der Waals surface area contributed by atoms with Gasteiger partial charge in [0.1, 0.15) is 6.04 Å². The van der Waals surface area contributed by atoms with Gasteiger partial charge in [-0.25, -0.2) is 9.59 Å². The van der Waals surface area contributed by atoms with Crippen molar-refractivity contribution in [2.75, 3.05) is 18.8 Å². The van der Waals surface area contributed by atoms with Crippen molar-refractivity contribution >= 4 is 23.8 Å². The molecule has 20 heavy (non-hydrogen) atoms. The topological polar surface area (TPSA) is 60.9 Å². The highest BCUT2D eigenvalue weighted by Crippen LogP contribution is 2.35. The molecular weight excluding hydrogens is 276 g/mol. The number of rotatable bonds is 5. The van der Waals surface area contributed by atoms with Crippen LogP contribution in [0.25, 0.3) is 0 Å². The Bertz CT molecular complexity index is 360. The van der Waals surface area contributed by atoms with Crippen molar-refractivity contribution in [3.05, 3.63) is 0 Å². The molecule has 0 aromatic rings. The molecule has 116 valence electrons. The summed E-state index contributed by atoms with van der Waals surface area (Å²) < 4.78 is 0. The van der Waals surface area contributed by atoms with E-state index in [9.17, 15) is 14.7 Å². The number of amides is 2. The summed E-state index contributed by atoms with van der Waals surface area (Å²) in [5, 5.41) is 9.29. The minimum absolute atomic E-state index is 0.0511. The molecule has 0 aromatic carbocycles. The highest BCUT2D eigenvalue weighted by Gasteiger charge is 2.44. The summed E-state index contributed by atoms with van der Waals surface area (Å²) >= 11 is 1.57. The molecule has 0 saturated carbocycles. The molecule has 0 radical (unpaired) electrons. The van der Waals surface area contributed by atoms with Crippen molar-refractivity contribution in [2.45, 2.75) is 46.0 Å². The van der Waals surface area contributed by atoms with Crippen molar-refractivity contribution in [3.63, 3.8) is 0 Å². The zero-order chi connectivity index (χ0) is 15.4. The number of urea groups is 1. The van der Waals surface area contributed by atoms with E-state index in [1.54, 1.807) is 21.6 Å². The Morgan fingerprint density at radius 2 is 1.95 bits per heavy atom. The van der Waals surface area contributed by atoms with E-state index in [1.165, 1.54) is 0 Å². The molecule has 1 fully saturated rings. The van der Waals surface area contributed by atoms with E-state index in [4.69, 9.17) is 0 Å². The second kappa shape index (κ2) is 7.20. The van der Waals surface area contributed by atoms with Gasteiger partial charge in [0, 0.05) is 18.8 Å². The lowest BCUT2D eigenvalue weighted by atomic mass is 10.1. The SMILES string of the molecule is CCN(CC(C)C)C(=O)N1C(C(=O)O)CSC1C(C)C. The Hall–Kier alpha value is -0.910. The summed E-state index contributed by atoms with van der Waals surface area (Å²) in [6, 6.07) is -0.849. The van der Waals surface area contributed by atoms with Crippen LogP contribution in [0.5, 0.6) is 0 Å². The molecule has 0 aliphatic carbocycles. The molecule has 2 unspecified atom stereocenters. The van der Waals surface area contributed by atoms with Crippen LogP contribution in [0.4, 0.5) is 4.79 Å². The minimum atomic E-state index is -0.908. The van der Waals surface area contributed by atoms with E-state index in [0.717, 1.165) is 0 Å². The van der Waals surface area contributed by atoms with Crippen LogP contribution in [0.15, 0.2) is 0 Å². The molecule has 0 spiro atoms. The maximum absolute atomic E-state index is 12.7. The second-order valence-electron chi connectivity index (χ2n) is 5.94. The Morgan fingerprint density at radius 3 is 2.35 bits per heavy atom. The Labute approximate surface area is 125 Å². The predicted octanol–water partition coefficient (Wildman–Crippen LogP) is 2.57. The molecule has 1 aliphatic heterocycles. The summed E-state index contributed by atoms with van der Waals surface area (Å²) in [5.74, 6) is 0.180. The number of carbonyl (C=O) groups excluding carboxylic acids is 1. The van der Waals surface area contributed by atoms with Crippen molar-refractivity contribution in [2.24, 2.45) is 11.8 Å². The fourth-order valence-electron chi connectivity index (χ4n) is 2.42. The lowest BCUT2D eigenvalue weighted by Crippen LogP contribution is -2.53.